The normalized spacial score (nSPS) is 21.5. The van der Waals surface area contributed by atoms with E-state index in [1.54, 1.807) is 4.57 Å². The second-order valence-electron chi connectivity index (χ2n) is 8.09. The van der Waals surface area contributed by atoms with E-state index in [2.05, 4.69) is 27.7 Å². The molecule has 1 aromatic carbocycles. The molecule has 154 valence electrons. The Kier molecular flexibility index (Phi) is 4.40. The van der Waals surface area contributed by atoms with Crippen molar-refractivity contribution < 1.29 is 13.7 Å². The fourth-order valence-corrected chi connectivity index (χ4v) is 5.75. The SMILES string of the molecule is CC1CCc2c1cc1c(c2NC(=O)N=S(N)(=O)c2ncn3c2OCCC3)CCC1. The first kappa shape index (κ1) is 18.6. The molecular formula is C20H25N5O3S. The van der Waals surface area contributed by atoms with Crippen molar-refractivity contribution in [2.24, 2.45) is 9.50 Å². The average molecular weight is 416 g/mol. The largest absolute Gasteiger partial charge is 0.477 e. The van der Waals surface area contributed by atoms with Gasteiger partial charge in [-0.05, 0) is 66.7 Å². The summed E-state index contributed by atoms with van der Waals surface area (Å²) in [6, 6.07) is 1.61. The van der Waals surface area contributed by atoms with Crippen LogP contribution >= 0.6 is 0 Å². The highest BCUT2D eigenvalue weighted by Gasteiger charge is 2.29. The summed E-state index contributed by atoms with van der Waals surface area (Å²) in [6.07, 6.45) is 7.42. The van der Waals surface area contributed by atoms with Crippen LogP contribution in [0.25, 0.3) is 0 Å². The molecule has 1 aliphatic heterocycles. The number of nitrogens with zero attached hydrogens (tertiary/aromatic N) is 3. The summed E-state index contributed by atoms with van der Waals surface area (Å²) in [5.74, 6) is 0.826. The molecule has 5 rings (SSSR count). The van der Waals surface area contributed by atoms with Gasteiger partial charge in [0.15, 0.2) is 9.92 Å². The van der Waals surface area contributed by atoms with Gasteiger partial charge in [0, 0.05) is 12.2 Å². The third kappa shape index (κ3) is 3.12. The van der Waals surface area contributed by atoms with E-state index in [9.17, 15) is 9.00 Å². The maximum atomic E-state index is 13.0. The van der Waals surface area contributed by atoms with Gasteiger partial charge >= 0.3 is 6.03 Å². The summed E-state index contributed by atoms with van der Waals surface area (Å²) in [7, 11) is -3.51. The quantitative estimate of drug-likeness (QED) is 0.785. The number of aryl methyl sites for hydroxylation is 2. The number of hydrogen-bond acceptors (Lipinski definition) is 4. The zero-order chi connectivity index (χ0) is 20.2. The zero-order valence-electron chi connectivity index (χ0n) is 16.4. The van der Waals surface area contributed by atoms with E-state index >= 15 is 0 Å². The van der Waals surface area contributed by atoms with Gasteiger partial charge in [-0.15, -0.1) is 4.36 Å². The van der Waals surface area contributed by atoms with Crippen molar-refractivity contribution >= 4 is 21.6 Å². The van der Waals surface area contributed by atoms with Crippen LogP contribution in [0.1, 0.15) is 54.4 Å². The Morgan fingerprint density at radius 3 is 3.07 bits per heavy atom. The van der Waals surface area contributed by atoms with Crippen molar-refractivity contribution in [3.63, 3.8) is 0 Å². The average Bonchev–Trinajstić information content (AvgIpc) is 3.40. The molecule has 2 unspecified atom stereocenters. The number of amides is 2. The standard InChI is InChI=1S/C20H25N5O3S/c1-12-6-7-15-16(12)10-13-4-2-5-14(13)17(15)23-20(26)24-29(21,27)18-19-25(11-22-18)8-3-9-28-19/h10-12H,2-9H2,1H3,(H3,21,23,24,26,27). The number of anilines is 1. The molecule has 0 radical (unpaired) electrons. The molecule has 0 spiro atoms. The number of rotatable bonds is 2. The summed E-state index contributed by atoms with van der Waals surface area (Å²) in [5.41, 5.74) is 5.84. The van der Waals surface area contributed by atoms with Crippen LogP contribution < -0.4 is 15.2 Å². The van der Waals surface area contributed by atoms with Gasteiger partial charge in [-0.3, -0.25) is 0 Å². The monoisotopic (exact) mass is 415 g/mol. The van der Waals surface area contributed by atoms with Crippen LogP contribution in [0.15, 0.2) is 21.8 Å². The summed E-state index contributed by atoms with van der Waals surface area (Å²) < 4.78 is 24.2. The maximum absolute atomic E-state index is 13.0. The lowest BCUT2D eigenvalue weighted by Crippen LogP contribution is -2.21. The van der Waals surface area contributed by atoms with E-state index in [-0.39, 0.29) is 5.03 Å². The van der Waals surface area contributed by atoms with E-state index < -0.39 is 15.9 Å². The molecule has 0 saturated heterocycles. The first-order valence-electron chi connectivity index (χ1n) is 10.2. The van der Waals surface area contributed by atoms with Crippen LogP contribution in [0.5, 0.6) is 5.88 Å². The topological polar surface area (TPSA) is 112 Å². The smallest absolute Gasteiger partial charge is 0.354 e. The lowest BCUT2D eigenvalue weighted by molar-refractivity contribution is 0.234. The molecule has 0 bridgehead atoms. The van der Waals surface area contributed by atoms with Crippen LogP contribution in [0.2, 0.25) is 0 Å². The Morgan fingerprint density at radius 2 is 2.21 bits per heavy atom. The fraction of sp³-hybridized carbons (Fsp3) is 0.500. The Hall–Kier alpha value is -2.39. The van der Waals surface area contributed by atoms with E-state index in [0.717, 1.165) is 44.2 Å². The van der Waals surface area contributed by atoms with Gasteiger partial charge in [0.05, 0.1) is 12.9 Å². The van der Waals surface area contributed by atoms with Crippen molar-refractivity contribution in [1.82, 2.24) is 9.55 Å². The third-order valence-corrected chi connectivity index (χ3v) is 7.44. The Bertz CT molecular complexity index is 1130. The van der Waals surface area contributed by atoms with Gasteiger partial charge in [-0.2, -0.15) is 0 Å². The molecule has 1 aromatic heterocycles. The number of nitrogens with two attached hydrogens (primary N) is 1. The molecule has 3 aliphatic rings. The maximum Gasteiger partial charge on any atom is 0.354 e. The molecule has 8 nitrogen and oxygen atoms in total. The van der Waals surface area contributed by atoms with Gasteiger partial charge in [0.1, 0.15) is 0 Å². The van der Waals surface area contributed by atoms with Gasteiger partial charge in [0.25, 0.3) is 0 Å². The molecule has 3 N–H and O–H groups in total. The molecule has 2 amide bonds. The Morgan fingerprint density at radius 1 is 1.34 bits per heavy atom. The van der Waals surface area contributed by atoms with Gasteiger partial charge in [-0.25, -0.2) is 19.1 Å². The number of imidazole rings is 1. The van der Waals surface area contributed by atoms with E-state index in [1.165, 1.54) is 28.6 Å². The van der Waals surface area contributed by atoms with Crippen molar-refractivity contribution in [3.8, 4) is 5.88 Å². The minimum absolute atomic E-state index is 0.0319. The number of aromatic nitrogens is 2. The van der Waals surface area contributed by atoms with Crippen LogP contribution in [0.4, 0.5) is 10.5 Å². The first-order valence-corrected chi connectivity index (χ1v) is 11.7. The predicted octanol–water partition coefficient (Wildman–Crippen LogP) is 3.14. The number of hydrogen-bond donors (Lipinski definition) is 2. The summed E-state index contributed by atoms with van der Waals surface area (Å²) in [4.78, 5) is 16.9. The Labute approximate surface area is 170 Å². The summed E-state index contributed by atoms with van der Waals surface area (Å²) in [6.45, 7) is 3.43. The molecule has 2 aliphatic carbocycles. The minimum atomic E-state index is -3.51. The van der Waals surface area contributed by atoms with Gasteiger partial charge < -0.3 is 14.6 Å². The Balaban J connectivity index is 1.50. The van der Waals surface area contributed by atoms with Crippen LogP contribution in [-0.2, 0) is 35.7 Å². The highest BCUT2D eigenvalue weighted by Crippen LogP contribution is 2.43. The molecule has 2 aromatic rings. The lowest BCUT2D eigenvalue weighted by atomic mass is 9.96. The highest BCUT2D eigenvalue weighted by atomic mass is 32.2. The number of carbonyl (C=O) groups is 1. The van der Waals surface area contributed by atoms with Gasteiger partial charge in [0.2, 0.25) is 10.9 Å². The molecule has 9 heteroatoms. The van der Waals surface area contributed by atoms with Crippen molar-refractivity contribution in [2.45, 2.75) is 62.9 Å². The predicted molar refractivity (Wildman–Crippen MR) is 110 cm³/mol. The van der Waals surface area contributed by atoms with Crippen molar-refractivity contribution in [2.75, 3.05) is 11.9 Å². The van der Waals surface area contributed by atoms with E-state index in [4.69, 9.17) is 9.88 Å². The number of carbonyl (C=O) groups excluding carboxylic acids is 1. The first-order chi connectivity index (χ1) is 13.9. The summed E-state index contributed by atoms with van der Waals surface area (Å²) in [5, 5.41) is 8.91. The second-order valence-corrected chi connectivity index (χ2v) is 9.80. The number of nitrogens with one attached hydrogen (secondary N) is 1. The zero-order valence-corrected chi connectivity index (χ0v) is 17.3. The van der Waals surface area contributed by atoms with Crippen LogP contribution in [0.3, 0.4) is 0 Å². The lowest BCUT2D eigenvalue weighted by Gasteiger charge is -2.17. The van der Waals surface area contributed by atoms with E-state index in [0.29, 0.717) is 24.9 Å². The second kappa shape index (κ2) is 6.84. The molecule has 0 saturated carbocycles. The minimum Gasteiger partial charge on any atom is -0.477 e. The summed E-state index contributed by atoms with van der Waals surface area (Å²) >= 11 is 0. The van der Waals surface area contributed by atoms with Crippen LogP contribution in [-0.4, -0.2) is 26.4 Å². The fourth-order valence-electron chi connectivity index (χ4n) is 4.75. The number of ether oxygens (including phenoxy) is 1. The van der Waals surface area contributed by atoms with Crippen LogP contribution in [0, 0.1) is 0 Å². The highest BCUT2D eigenvalue weighted by molar-refractivity contribution is 7.91. The molecule has 2 heterocycles. The van der Waals surface area contributed by atoms with Crippen molar-refractivity contribution in [1.29, 1.82) is 0 Å². The van der Waals surface area contributed by atoms with Crippen molar-refractivity contribution in [3.05, 3.63) is 34.6 Å². The molecule has 29 heavy (non-hydrogen) atoms. The van der Waals surface area contributed by atoms with Gasteiger partial charge in [-0.1, -0.05) is 13.0 Å². The number of benzene rings is 1. The van der Waals surface area contributed by atoms with E-state index in [1.807, 2.05) is 0 Å². The molecule has 2 atom stereocenters. The number of urea groups is 1. The number of fused-ring (bicyclic) bond motifs is 3. The molecule has 0 fully saturated rings. The molecular weight excluding hydrogens is 390 g/mol. The third-order valence-electron chi connectivity index (χ3n) is 6.17.